The standard InChI is InChI=1S/C18H17ClFN3O3/c1-11(24)22-13-3-2-4-14(10-13)23-17(25)7-8-21-18(26)15-6-5-12(20)9-16(15)19/h2-6,9-10H,7-8H2,1H3,(H,21,26)(H,22,24)(H,23,25). The Kier molecular flexibility index (Phi) is 6.68. The average Bonchev–Trinajstić information content (AvgIpc) is 2.54. The van der Waals surface area contributed by atoms with Crippen LogP contribution in [0.2, 0.25) is 5.02 Å². The van der Waals surface area contributed by atoms with Gasteiger partial charge in [-0.2, -0.15) is 0 Å². The molecule has 2 aromatic rings. The van der Waals surface area contributed by atoms with E-state index in [9.17, 15) is 18.8 Å². The lowest BCUT2D eigenvalue weighted by Gasteiger charge is -2.09. The first-order valence-electron chi connectivity index (χ1n) is 7.76. The summed E-state index contributed by atoms with van der Waals surface area (Å²) in [4.78, 5) is 35.0. The van der Waals surface area contributed by atoms with Gasteiger partial charge in [0.15, 0.2) is 0 Å². The van der Waals surface area contributed by atoms with E-state index in [2.05, 4.69) is 16.0 Å². The zero-order valence-electron chi connectivity index (χ0n) is 13.9. The number of hydrogen-bond donors (Lipinski definition) is 3. The van der Waals surface area contributed by atoms with Crippen LogP contribution < -0.4 is 16.0 Å². The first-order chi connectivity index (χ1) is 12.3. The highest BCUT2D eigenvalue weighted by Crippen LogP contribution is 2.17. The Morgan fingerprint density at radius 1 is 1.04 bits per heavy atom. The summed E-state index contributed by atoms with van der Waals surface area (Å²) in [6.07, 6.45) is 0.0366. The Bertz CT molecular complexity index is 842. The van der Waals surface area contributed by atoms with Crippen molar-refractivity contribution in [3.63, 3.8) is 0 Å². The fourth-order valence-electron chi connectivity index (χ4n) is 2.16. The Hall–Kier alpha value is -2.93. The number of carbonyl (C=O) groups excluding carboxylic acids is 3. The van der Waals surface area contributed by atoms with Crippen LogP contribution >= 0.6 is 11.6 Å². The van der Waals surface area contributed by atoms with E-state index in [-0.39, 0.29) is 35.4 Å². The molecule has 0 saturated carbocycles. The fraction of sp³-hybridized carbons (Fsp3) is 0.167. The lowest BCUT2D eigenvalue weighted by atomic mass is 10.2. The lowest BCUT2D eigenvalue weighted by molar-refractivity contribution is -0.116. The second-order valence-electron chi connectivity index (χ2n) is 5.44. The van der Waals surface area contributed by atoms with Crippen molar-refractivity contribution >= 4 is 40.7 Å². The largest absolute Gasteiger partial charge is 0.351 e. The second-order valence-corrected chi connectivity index (χ2v) is 5.85. The topological polar surface area (TPSA) is 87.3 Å². The molecule has 0 aliphatic carbocycles. The van der Waals surface area contributed by atoms with Crippen LogP contribution in [0, 0.1) is 5.82 Å². The predicted molar refractivity (Wildman–Crippen MR) is 97.7 cm³/mol. The smallest absolute Gasteiger partial charge is 0.252 e. The van der Waals surface area contributed by atoms with Crippen molar-refractivity contribution in [2.45, 2.75) is 13.3 Å². The number of halogens is 2. The number of amides is 3. The van der Waals surface area contributed by atoms with Crippen LogP contribution in [0.1, 0.15) is 23.7 Å². The van der Waals surface area contributed by atoms with E-state index in [1.165, 1.54) is 13.0 Å². The maximum Gasteiger partial charge on any atom is 0.252 e. The van der Waals surface area contributed by atoms with Crippen LogP contribution in [0.3, 0.4) is 0 Å². The first kappa shape index (κ1) is 19.4. The Labute approximate surface area is 154 Å². The van der Waals surface area contributed by atoms with Gasteiger partial charge in [0, 0.05) is 31.3 Å². The summed E-state index contributed by atoms with van der Waals surface area (Å²) >= 11 is 5.81. The van der Waals surface area contributed by atoms with Crippen molar-refractivity contribution < 1.29 is 18.8 Å². The van der Waals surface area contributed by atoms with Crippen molar-refractivity contribution in [3.05, 3.63) is 58.9 Å². The third-order valence-corrected chi connectivity index (χ3v) is 3.59. The SMILES string of the molecule is CC(=O)Nc1cccc(NC(=O)CCNC(=O)c2ccc(F)cc2Cl)c1. The maximum absolute atomic E-state index is 13.0. The van der Waals surface area contributed by atoms with Crippen LogP contribution in [-0.4, -0.2) is 24.3 Å². The van der Waals surface area contributed by atoms with E-state index in [0.29, 0.717) is 11.4 Å². The number of nitrogens with one attached hydrogen (secondary N) is 3. The van der Waals surface area contributed by atoms with Gasteiger partial charge in [0.05, 0.1) is 10.6 Å². The third-order valence-electron chi connectivity index (χ3n) is 3.28. The van der Waals surface area contributed by atoms with Crippen LogP contribution in [0.4, 0.5) is 15.8 Å². The van der Waals surface area contributed by atoms with Crippen molar-refractivity contribution in [1.82, 2.24) is 5.32 Å². The molecule has 2 aromatic carbocycles. The minimum atomic E-state index is -0.535. The summed E-state index contributed by atoms with van der Waals surface area (Å²) in [5.74, 6) is -1.55. The molecule has 0 radical (unpaired) electrons. The Balaban J connectivity index is 1.83. The number of rotatable bonds is 6. The zero-order chi connectivity index (χ0) is 19.1. The monoisotopic (exact) mass is 377 g/mol. The molecule has 0 saturated heterocycles. The number of carbonyl (C=O) groups is 3. The molecule has 0 spiro atoms. The maximum atomic E-state index is 13.0. The summed E-state index contributed by atoms with van der Waals surface area (Å²) in [5.41, 5.74) is 1.22. The van der Waals surface area contributed by atoms with Crippen molar-refractivity contribution in [1.29, 1.82) is 0 Å². The highest BCUT2D eigenvalue weighted by atomic mass is 35.5. The number of anilines is 2. The summed E-state index contributed by atoms with van der Waals surface area (Å²) in [7, 11) is 0. The number of hydrogen-bond acceptors (Lipinski definition) is 3. The lowest BCUT2D eigenvalue weighted by Crippen LogP contribution is -2.27. The average molecular weight is 378 g/mol. The molecule has 0 aliphatic rings. The molecule has 0 atom stereocenters. The molecule has 8 heteroatoms. The minimum absolute atomic E-state index is 0.00161. The van der Waals surface area contributed by atoms with Crippen molar-refractivity contribution in [3.8, 4) is 0 Å². The van der Waals surface area contributed by atoms with E-state index in [0.717, 1.165) is 12.1 Å². The van der Waals surface area contributed by atoms with Crippen LogP contribution in [-0.2, 0) is 9.59 Å². The third kappa shape index (κ3) is 5.86. The van der Waals surface area contributed by atoms with Gasteiger partial charge in [-0.05, 0) is 36.4 Å². The summed E-state index contributed by atoms with van der Waals surface area (Å²) < 4.78 is 13.0. The van der Waals surface area contributed by atoms with Crippen LogP contribution in [0.15, 0.2) is 42.5 Å². The molecule has 2 rings (SSSR count). The molecule has 0 unspecified atom stereocenters. The van der Waals surface area contributed by atoms with Gasteiger partial charge in [0.1, 0.15) is 5.82 Å². The van der Waals surface area contributed by atoms with E-state index in [1.807, 2.05) is 0 Å². The predicted octanol–water partition coefficient (Wildman–Crippen LogP) is 3.20. The van der Waals surface area contributed by atoms with Crippen molar-refractivity contribution in [2.24, 2.45) is 0 Å². The molecule has 6 nitrogen and oxygen atoms in total. The van der Waals surface area contributed by atoms with Gasteiger partial charge >= 0.3 is 0 Å². The molecule has 0 aliphatic heterocycles. The molecule has 3 N–H and O–H groups in total. The molecular formula is C18H17ClFN3O3. The van der Waals surface area contributed by atoms with E-state index < -0.39 is 11.7 Å². The van der Waals surface area contributed by atoms with E-state index >= 15 is 0 Å². The summed E-state index contributed by atoms with van der Waals surface area (Å²) in [6, 6.07) is 10.2. The van der Waals surface area contributed by atoms with Gasteiger partial charge in [-0.3, -0.25) is 14.4 Å². The summed E-state index contributed by atoms with van der Waals surface area (Å²) in [6.45, 7) is 1.48. The second kappa shape index (κ2) is 8.96. The Morgan fingerprint density at radius 2 is 1.73 bits per heavy atom. The molecule has 0 bridgehead atoms. The molecule has 3 amide bonds. The molecule has 136 valence electrons. The zero-order valence-corrected chi connectivity index (χ0v) is 14.7. The molecule has 0 aromatic heterocycles. The van der Waals surface area contributed by atoms with Crippen LogP contribution in [0.25, 0.3) is 0 Å². The molecule has 26 heavy (non-hydrogen) atoms. The van der Waals surface area contributed by atoms with Gasteiger partial charge in [0.2, 0.25) is 11.8 Å². The summed E-state index contributed by atoms with van der Waals surface area (Å²) in [5, 5.41) is 7.84. The molecule has 0 fully saturated rings. The normalized spacial score (nSPS) is 10.1. The van der Waals surface area contributed by atoms with Gasteiger partial charge < -0.3 is 16.0 Å². The highest BCUT2D eigenvalue weighted by Gasteiger charge is 2.11. The fourth-order valence-corrected chi connectivity index (χ4v) is 2.41. The number of benzene rings is 2. The first-order valence-corrected chi connectivity index (χ1v) is 8.13. The van der Waals surface area contributed by atoms with Gasteiger partial charge in [0.25, 0.3) is 5.91 Å². The highest BCUT2D eigenvalue weighted by molar-refractivity contribution is 6.33. The minimum Gasteiger partial charge on any atom is -0.351 e. The quantitative estimate of drug-likeness (QED) is 0.722. The van der Waals surface area contributed by atoms with Crippen LogP contribution in [0.5, 0.6) is 0 Å². The molecule has 0 heterocycles. The van der Waals surface area contributed by atoms with Gasteiger partial charge in [-0.25, -0.2) is 4.39 Å². The Morgan fingerprint density at radius 3 is 2.38 bits per heavy atom. The van der Waals surface area contributed by atoms with Crippen molar-refractivity contribution in [2.75, 3.05) is 17.2 Å². The van der Waals surface area contributed by atoms with Gasteiger partial charge in [-0.1, -0.05) is 17.7 Å². The molecular weight excluding hydrogens is 361 g/mol. The van der Waals surface area contributed by atoms with E-state index in [4.69, 9.17) is 11.6 Å². The van der Waals surface area contributed by atoms with E-state index in [1.54, 1.807) is 24.3 Å². The van der Waals surface area contributed by atoms with Gasteiger partial charge in [-0.15, -0.1) is 0 Å².